The van der Waals surface area contributed by atoms with E-state index in [1.165, 1.54) is 12.1 Å². The Morgan fingerprint density at radius 2 is 1.53 bits per heavy atom. The summed E-state index contributed by atoms with van der Waals surface area (Å²) in [6.07, 6.45) is -0.434. The van der Waals surface area contributed by atoms with Gasteiger partial charge in [-0.25, -0.2) is 17.9 Å². The maximum Gasteiger partial charge on any atom is 0.410 e. The molecule has 0 unspecified atom stereocenters. The van der Waals surface area contributed by atoms with E-state index in [1.807, 2.05) is 51.1 Å². The second-order valence-corrected chi connectivity index (χ2v) is 14.0. The van der Waals surface area contributed by atoms with Crippen LogP contribution in [0.5, 0.6) is 11.5 Å². The Bertz CT molecular complexity index is 1080. The predicted molar refractivity (Wildman–Crippen MR) is 136 cm³/mol. The Morgan fingerprint density at radius 1 is 0.941 bits per heavy atom. The molecule has 1 aliphatic heterocycles. The zero-order valence-corrected chi connectivity index (χ0v) is 22.2. The van der Waals surface area contributed by atoms with Gasteiger partial charge in [0.15, 0.2) is 0 Å². The first-order valence-corrected chi connectivity index (χ1v) is 13.6. The standard InChI is InChI=1S/C25H34N2O5S2/c1-24(2,3)32-23(28)27-16-21(22(17-27)33-25(4,5)6)26-34(29,30)20-14-12-19(13-15-20)31-18-10-8-7-9-11-18/h7-15,21-22,26H,16-17H2,1-6H3/t21-,22-/m0/s1. The lowest BCUT2D eigenvalue weighted by Crippen LogP contribution is -2.43. The minimum atomic E-state index is -3.80. The number of benzene rings is 2. The van der Waals surface area contributed by atoms with Gasteiger partial charge >= 0.3 is 6.09 Å². The molecule has 3 rings (SSSR count). The molecule has 7 nitrogen and oxygen atoms in total. The van der Waals surface area contributed by atoms with E-state index in [4.69, 9.17) is 9.47 Å². The summed E-state index contributed by atoms with van der Waals surface area (Å²) in [7, 11) is -3.80. The molecule has 1 heterocycles. The second kappa shape index (κ2) is 10.2. The maximum atomic E-state index is 13.2. The first-order chi connectivity index (χ1) is 15.7. The highest BCUT2D eigenvalue weighted by Crippen LogP contribution is 2.34. The molecular formula is C25H34N2O5S2. The number of likely N-dealkylation sites (tertiary alicyclic amines) is 1. The normalized spacial score (nSPS) is 19.2. The Kier molecular flexibility index (Phi) is 7.89. The third kappa shape index (κ3) is 7.65. The third-order valence-corrected chi connectivity index (χ3v) is 7.84. The fourth-order valence-electron chi connectivity index (χ4n) is 3.52. The van der Waals surface area contributed by atoms with Crippen LogP contribution < -0.4 is 9.46 Å². The molecule has 0 spiro atoms. The van der Waals surface area contributed by atoms with Gasteiger partial charge in [-0.05, 0) is 57.2 Å². The quantitative estimate of drug-likeness (QED) is 0.574. The average molecular weight is 507 g/mol. The van der Waals surface area contributed by atoms with Gasteiger partial charge in [0.1, 0.15) is 17.1 Å². The molecular weight excluding hydrogens is 472 g/mol. The lowest BCUT2D eigenvalue weighted by Gasteiger charge is -2.26. The predicted octanol–water partition coefficient (Wildman–Crippen LogP) is 5.28. The molecule has 0 aromatic heterocycles. The maximum absolute atomic E-state index is 13.2. The fourth-order valence-corrected chi connectivity index (χ4v) is 6.35. The summed E-state index contributed by atoms with van der Waals surface area (Å²) in [6.45, 7) is 12.3. The monoisotopic (exact) mass is 506 g/mol. The fraction of sp³-hybridized carbons (Fsp3) is 0.480. The molecule has 1 N–H and O–H groups in total. The largest absolute Gasteiger partial charge is 0.457 e. The van der Waals surface area contributed by atoms with Gasteiger partial charge < -0.3 is 14.4 Å². The first-order valence-electron chi connectivity index (χ1n) is 11.2. The molecule has 34 heavy (non-hydrogen) atoms. The van der Waals surface area contributed by atoms with E-state index in [-0.39, 0.29) is 21.4 Å². The van der Waals surface area contributed by atoms with Crippen molar-refractivity contribution in [2.24, 2.45) is 0 Å². The number of carbonyl (C=O) groups is 1. The van der Waals surface area contributed by atoms with E-state index >= 15 is 0 Å². The van der Waals surface area contributed by atoms with Crippen LogP contribution in [0.4, 0.5) is 4.79 Å². The minimum Gasteiger partial charge on any atom is -0.457 e. The summed E-state index contributed by atoms with van der Waals surface area (Å²) in [5.41, 5.74) is -0.620. The van der Waals surface area contributed by atoms with E-state index in [1.54, 1.807) is 28.8 Å². The van der Waals surface area contributed by atoms with E-state index in [9.17, 15) is 13.2 Å². The van der Waals surface area contributed by atoms with Crippen LogP contribution in [-0.4, -0.2) is 54.1 Å². The molecule has 9 heteroatoms. The highest BCUT2D eigenvalue weighted by Gasteiger charge is 2.41. The van der Waals surface area contributed by atoms with Crippen molar-refractivity contribution in [1.82, 2.24) is 9.62 Å². The van der Waals surface area contributed by atoms with E-state index < -0.39 is 27.8 Å². The molecule has 0 saturated carbocycles. The van der Waals surface area contributed by atoms with Gasteiger partial charge in [-0.15, -0.1) is 11.8 Å². The molecule has 0 aliphatic carbocycles. The number of rotatable bonds is 6. The van der Waals surface area contributed by atoms with Crippen molar-refractivity contribution in [2.75, 3.05) is 13.1 Å². The molecule has 1 amide bonds. The Labute approximate surface area is 207 Å². The Hall–Kier alpha value is -2.23. The molecule has 1 saturated heterocycles. The SMILES string of the molecule is CC(C)(C)OC(=O)N1C[C@H](NS(=O)(=O)c2ccc(Oc3ccccc3)cc2)[C@@H](SC(C)(C)C)C1. The molecule has 2 atom stereocenters. The smallest absolute Gasteiger partial charge is 0.410 e. The highest BCUT2D eigenvalue weighted by atomic mass is 32.2. The number of amides is 1. The van der Waals surface area contributed by atoms with Crippen LogP contribution in [0.15, 0.2) is 59.5 Å². The van der Waals surface area contributed by atoms with Gasteiger partial charge in [0.2, 0.25) is 10.0 Å². The number of nitrogens with zero attached hydrogens (tertiary/aromatic N) is 1. The molecule has 0 bridgehead atoms. The van der Waals surface area contributed by atoms with Crippen molar-refractivity contribution in [3.8, 4) is 11.5 Å². The molecule has 0 radical (unpaired) electrons. The van der Waals surface area contributed by atoms with Gasteiger partial charge in [0.25, 0.3) is 0 Å². The summed E-state index contributed by atoms with van der Waals surface area (Å²) in [4.78, 5) is 14.4. The van der Waals surface area contributed by atoms with Crippen molar-refractivity contribution in [3.05, 3.63) is 54.6 Å². The van der Waals surface area contributed by atoms with Crippen LogP contribution >= 0.6 is 11.8 Å². The van der Waals surface area contributed by atoms with Gasteiger partial charge in [0, 0.05) is 23.1 Å². The number of thioether (sulfide) groups is 1. The lowest BCUT2D eigenvalue weighted by molar-refractivity contribution is 0.0292. The Morgan fingerprint density at radius 3 is 2.09 bits per heavy atom. The topological polar surface area (TPSA) is 84.9 Å². The summed E-state index contributed by atoms with van der Waals surface area (Å²) in [5, 5.41) is -0.108. The summed E-state index contributed by atoms with van der Waals surface area (Å²) in [6, 6.07) is 15.1. The van der Waals surface area contributed by atoms with E-state index in [0.29, 0.717) is 18.0 Å². The van der Waals surface area contributed by atoms with Crippen LogP contribution in [0.2, 0.25) is 0 Å². The third-order valence-electron chi connectivity index (χ3n) is 4.84. The number of nitrogens with one attached hydrogen (secondary N) is 1. The van der Waals surface area contributed by atoms with Gasteiger partial charge in [-0.3, -0.25) is 0 Å². The van der Waals surface area contributed by atoms with E-state index in [2.05, 4.69) is 25.5 Å². The number of sulfonamides is 1. The minimum absolute atomic E-state index is 0.102. The number of hydrogen-bond acceptors (Lipinski definition) is 6. The van der Waals surface area contributed by atoms with Crippen LogP contribution in [0.1, 0.15) is 41.5 Å². The van der Waals surface area contributed by atoms with Crippen molar-refractivity contribution >= 4 is 27.9 Å². The lowest BCUT2D eigenvalue weighted by atomic mass is 10.2. The average Bonchev–Trinajstić information content (AvgIpc) is 3.08. The first kappa shape index (κ1) is 26.4. The summed E-state index contributed by atoms with van der Waals surface area (Å²) >= 11 is 1.65. The number of carbonyl (C=O) groups excluding carboxylic acids is 1. The number of hydrogen-bond donors (Lipinski definition) is 1. The second-order valence-electron chi connectivity index (χ2n) is 10.3. The summed E-state index contributed by atoms with van der Waals surface area (Å²) in [5.74, 6) is 1.22. The van der Waals surface area contributed by atoms with Gasteiger partial charge in [-0.1, -0.05) is 39.0 Å². The molecule has 2 aromatic carbocycles. The van der Waals surface area contributed by atoms with Gasteiger partial charge in [-0.2, -0.15) is 0 Å². The zero-order valence-electron chi connectivity index (χ0n) is 20.6. The zero-order chi connectivity index (χ0) is 25.1. The molecule has 1 fully saturated rings. The van der Waals surface area contributed by atoms with Crippen LogP contribution in [0.25, 0.3) is 0 Å². The van der Waals surface area contributed by atoms with Crippen molar-refractivity contribution in [2.45, 2.75) is 68.1 Å². The van der Waals surface area contributed by atoms with Crippen LogP contribution in [0.3, 0.4) is 0 Å². The van der Waals surface area contributed by atoms with Crippen molar-refractivity contribution in [3.63, 3.8) is 0 Å². The van der Waals surface area contributed by atoms with Crippen molar-refractivity contribution in [1.29, 1.82) is 0 Å². The number of para-hydroxylation sites is 1. The van der Waals surface area contributed by atoms with E-state index in [0.717, 1.165) is 0 Å². The summed E-state index contributed by atoms with van der Waals surface area (Å²) < 4.78 is 40.3. The number of ether oxygens (including phenoxy) is 2. The Balaban J connectivity index is 1.73. The molecule has 186 valence electrons. The molecule has 2 aromatic rings. The van der Waals surface area contributed by atoms with Crippen molar-refractivity contribution < 1.29 is 22.7 Å². The van der Waals surface area contributed by atoms with Gasteiger partial charge in [0.05, 0.1) is 10.9 Å². The van der Waals surface area contributed by atoms with Crippen LogP contribution in [-0.2, 0) is 14.8 Å². The van der Waals surface area contributed by atoms with Crippen LogP contribution in [0, 0.1) is 0 Å². The molecule has 1 aliphatic rings. The highest BCUT2D eigenvalue weighted by molar-refractivity contribution is 8.01.